The van der Waals surface area contributed by atoms with Crippen LogP contribution in [0.15, 0.2) is 34.8 Å². The minimum atomic E-state index is 0.648. The minimum Gasteiger partial charge on any atom is -0.493 e. The zero-order chi connectivity index (χ0) is 16.1. The van der Waals surface area contributed by atoms with Crippen molar-refractivity contribution in [3.63, 3.8) is 0 Å². The van der Waals surface area contributed by atoms with Crippen LogP contribution in [-0.2, 0) is 7.05 Å². The van der Waals surface area contributed by atoms with Gasteiger partial charge < -0.3 is 14.0 Å². The Bertz CT molecular complexity index is 1070. The van der Waals surface area contributed by atoms with Crippen molar-refractivity contribution in [2.75, 3.05) is 14.2 Å². The lowest BCUT2D eigenvalue weighted by atomic mass is 10.2. The maximum Gasteiger partial charge on any atom is 0.163 e. The summed E-state index contributed by atoms with van der Waals surface area (Å²) in [7, 11) is 5.23. The number of fused-ring (bicyclic) bond motifs is 4. The Morgan fingerprint density at radius 3 is 2.26 bits per heavy atom. The largest absolute Gasteiger partial charge is 0.493 e. The van der Waals surface area contributed by atoms with Gasteiger partial charge in [0.25, 0.3) is 0 Å². The molecule has 0 saturated carbocycles. The number of rotatable bonds is 2. The van der Waals surface area contributed by atoms with Gasteiger partial charge in [-0.15, -0.1) is 0 Å². The molecule has 0 saturated heterocycles. The van der Waals surface area contributed by atoms with Crippen molar-refractivity contribution in [2.45, 2.75) is 0 Å². The zero-order valence-electron chi connectivity index (χ0n) is 12.9. The first kappa shape index (κ1) is 14.3. The maximum atomic E-state index is 5.36. The van der Waals surface area contributed by atoms with E-state index in [9.17, 15) is 0 Å². The van der Waals surface area contributed by atoms with Crippen LogP contribution >= 0.6 is 15.9 Å². The molecule has 2 heterocycles. The summed E-state index contributed by atoms with van der Waals surface area (Å²) in [5, 5.41) is 1.07. The topological polar surface area (TPSA) is 49.2 Å². The molecule has 0 amide bonds. The molecule has 0 spiro atoms. The van der Waals surface area contributed by atoms with Gasteiger partial charge in [0.05, 0.1) is 30.8 Å². The van der Waals surface area contributed by atoms with Crippen molar-refractivity contribution in [3.05, 3.63) is 34.8 Å². The van der Waals surface area contributed by atoms with Crippen LogP contribution in [0, 0.1) is 0 Å². The Kier molecular flexibility index (Phi) is 3.16. The first-order chi connectivity index (χ1) is 11.1. The van der Waals surface area contributed by atoms with Gasteiger partial charge in [0.1, 0.15) is 5.52 Å². The fraction of sp³-hybridized carbons (Fsp3) is 0.176. The highest BCUT2D eigenvalue weighted by Gasteiger charge is 2.14. The van der Waals surface area contributed by atoms with Crippen molar-refractivity contribution in [1.29, 1.82) is 0 Å². The lowest BCUT2D eigenvalue weighted by Gasteiger charge is -2.08. The lowest BCUT2D eigenvalue weighted by molar-refractivity contribution is 0.355. The molecular formula is C17H14BrN3O2. The summed E-state index contributed by atoms with van der Waals surface area (Å²) in [5.41, 5.74) is 4.38. The molecule has 0 aliphatic heterocycles. The SMILES string of the molecule is COc1cc2nc3c4cc(Br)ccc4n(C)c3nc2cc1OC. The van der Waals surface area contributed by atoms with E-state index in [1.165, 1.54) is 0 Å². The number of methoxy groups -OCH3 is 2. The normalized spacial score (nSPS) is 11.5. The molecule has 2 aromatic carbocycles. The highest BCUT2D eigenvalue weighted by molar-refractivity contribution is 9.10. The molecule has 4 aromatic rings. The van der Waals surface area contributed by atoms with E-state index in [4.69, 9.17) is 19.4 Å². The molecule has 6 heteroatoms. The quantitative estimate of drug-likeness (QED) is 0.533. The van der Waals surface area contributed by atoms with E-state index in [-0.39, 0.29) is 0 Å². The van der Waals surface area contributed by atoms with E-state index in [1.54, 1.807) is 14.2 Å². The van der Waals surface area contributed by atoms with Crippen LogP contribution < -0.4 is 9.47 Å². The monoisotopic (exact) mass is 371 g/mol. The molecule has 5 nitrogen and oxygen atoms in total. The summed E-state index contributed by atoms with van der Waals surface area (Å²) in [6.07, 6.45) is 0. The molecule has 2 aromatic heterocycles. The van der Waals surface area contributed by atoms with Crippen molar-refractivity contribution in [2.24, 2.45) is 7.05 Å². The molecule has 4 rings (SSSR count). The average molecular weight is 372 g/mol. The van der Waals surface area contributed by atoms with Gasteiger partial charge in [-0.05, 0) is 18.2 Å². The molecule has 23 heavy (non-hydrogen) atoms. The van der Waals surface area contributed by atoms with Crippen LogP contribution in [0.3, 0.4) is 0 Å². The Morgan fingerprint density at radius 1 is 0.957 bits per heavy atom. The van der Waals surface area contributed by atoms with E-state index in [0.29, 0.717) is 11.5 Å². The summed E-state index contributed by atoms with van der Waals surface area (Å²) >= 11 is 3.52. The Labute approximate surface area is 141 Å². The van der Waals surface area contributed by atoms with E-state index in [0.717, 1.165) is 37.6 Å². The number of benzene rings is 2. The predicted molar refractivity (Wildman–Crippen MR) is 94.3 cm³/mol. The van der Waals surface area contributed by atoms with Crippen molar-refractivity contribution < 1.29 is 9.47 Å². The van der Waals surface area contributed by atoms with Crippen LogP contribution in [0.1, 0.15) is 0 Å². The third-order valence-electron chi connectivity index (χ3n) is 4.04. The lowest BCUT2D eigenvalue weighted by Crippen LogP contribution is -1.95. The number of nitrogens with zero attached hydrogens (tertiary/aromatic N) is 3. The van der Waals surface area contributed by atoms with Gasteiger partial charge >= 0.3 is 0 Å². The minimum absolute atomic E-state index is 0.648. The van der Waals surface area contributed by atoms with Crippen molar-refractivity contribution in [3.8, 4) is 11.5 Å². The zero-order valence-corrected chi connectivity index (χ0v) is 14.5. The smallest absolute Gasteiger partial charge is 0.163 e. The number of halogens is 1. The Morgan fingerprint density at radius 2 is 1.61 bits per heavy atom. The molecule has 116 valence electrons. The average Bonchev–Trinajstić information content (AvgIpc) is 2.83. The summed E-state index contributed by atoms with van der Waals surface area (Å²) in [5.74, 6) is 1.30. The van der Waals surface area contributed by atoms with Gasteiger partial charge in [0.15, 0.2) is 17.1 Å². The summed E-state index contributed by atoms with van der Waals surface area (Å²) in [6, 6.07) is 9.87. The van der Waals surface area contributed by atoms with Crippen molar-refractivity contribution in [1.82, 2.24) is 14.5 Å². The first-order valence-corrected chi connectivity index (χ1v) is 7.89. The highest BCUT2D eigenvalue weighted by Crippen LogP contribution is 2.34. The van der Waals surface area contributed by atoms with Crippen LogP contribution in [0.25, 0.3) is 33.1 Å². The molecule has 0 atom stereocenters. The van der Waals surface area contributed by atoms with Gasteiger partial charge in [0, 0.05) is 29.0 Å². The summed E-state index contributed by atoms with van der Waals surface area (Å²) < 4.78 is 13.8. The molecule has 0 fully saturated rings. The highest BCUT2D eigenvalue weighted by atomic mass is 79.9. The predicted octanol–water partition coefficient (Wildman–Crippen LogP) is 4.05. The molecule has 0 radical (unpaired) electrons. The standard InChI is InChI=1S/C17H14BrN3O2/c1-21-13-5-4-9(18)6-10(13)16-17(21)20-12-8-15(23-3)14(22-2)7-11(12)19-16/h4-8H,1-3H3. The van der Waals surface area contributed by atoms with Gasteiger partial charge in [0.2, 0.25) is 0 Å². The summed E-state index contributed by atoms with van der Waals surface area (Å²) in [4.78, 5) is 9.59. The van der Waals surface area contributed by atoms with E-state index in [2.05, 4.69) is 32.6 Å². The van der Waals surface area contributed by atoms with E-state index < -0.39 is 0 Å². The second-order valence-corrected chi connectivity index (χ2v) is 6.23. The third kappa shape index (κ3) is 2.05. The second kappa shape index (κ2) is 5.09. The van der Waals surface area contributed by atoms with Crippen LogP contribution in [-0.4, -0.2) is 28.8 Å². The Hall–Kier alpha value is -2.34. The molecule has 0 bridgehead atoms. The van der Waals surface area contributed by atoms with E-state index in [1.807, 2.05) is 25.2 Å². The molecular weight excluding hydrogens is 358 g/mol. The molecule has 0 aliphatic rings. The number of hydrogen-bond donors (Lipinski definition) is 0. The second-order valence-electron chi connectivity index (χ2n) is 5.31. The van der Waals surface area contributed by atoms with Gasteiger partial charge in [-0.2, -0.15) is 0 Å². The molecule has 0 unspecified atom stereocenters. The number of hydrogen-bond acceptors (Lipinski definition) is 4. The third-order valence-corrected chi connectivity index (χ3v) is 4.54. The fourth-order valence-corrected chi connectivity index (χ4v) is 3.25. The van der Waals surface area contributed by atoms with Gasteiger partial charge in [-0.3, -0.25) is 0 Å². The Balaban J connectivity index is 2.15. The van der Waals surface area contributed by atoms with Crippen LogP contribution in [0.2, 0.25) is 0 Å². The van der Waals surface area contributed by atoms with E-state index >= 15 is 0 Å². The van der Waals surface area contributed by atoms with Gasteiger partial charge in [-0.1, -0.05) is 15.9 Å². The maximum absolute atomic E-state index is 5.36. The fourth-order valence-electron chi connectivity index (χ4n) is 2.89. The molecule has 0 N–H and O–H groups in total. The number of ether oxygens (including phenoxy) is 2. The molecule has 0 aliphatic carbocycles. The first-order valence-electron chi connectivity index (χ1n) is 7.10. The van der Waals surface area contributed by atoms with Crippen LogP contribution in [0.5, 0.6) is 11.5 Å². The van der Waals surface area contributed by atoms with Gasteiger partial charge in [-0.25, -0.2) is 9.97 Å². The number of aromatic nitrogens is 3. The van der Waals surface area contributed by atoms with Crippen molar-refractivity contribution >= 4 is 49.0 Å². The summed E-state index contributed by atoms with van der Waals surface area (Å²) in [6.45, 7) is 0. The van der Waals surface area contributed by atoms with Crippen LogP contribution in [0.4, 0.5) is 0 Å². The number of aryl methyl sites for hydroxylation is 1.